The molecule has 2 unspecified atom stereocenters. The molecule has 0 saturated carbocycles. The molecule has 0 spiro atoms. The van der Waals surface area contributed by atoms with E-state index in [2.05, 4.69) is 30.6 Å². The summed E-state index contributed by atoms with van der Waals surface area (Å²) in [7, 11) is 0. The predicted molar refractivity (Wildman–Crippen MR) is 82.1 cm³/mol. The van der Waals surface area contributed by atoms with Crippen molar-refractivity contribution in [1.29, 1.82) is 0 Å². The smallest absolute Gasteiger partial charge is 0.227 e. The molecule has 0 bridgehead atoms. The summed E-state index contributed by atoms with van der Waals surface area (Å²) < 4.78 is 0. The highest BCUT2D eigenvalue weighted by molar-refractivity contribution is 7.10. The van der Waals surface area contributed by atoms with Crippen LogP contribution in [0.3, 0.4) is 0 Å². The fourth-order valence-electron chi connectivity index (χ4n) is 2.79. The van der Waals surface area contributed by atoms with Gasteiger partial charge in [0.2, 0.25) is 5.91 Å². The summed E-state index contributed by atoms with van der Waals surface area (Å²) in [5, 5.41) is 5.23. The molecule has 1 aliphatic rings. The van der Waals surface area contributed by atoms with Gasteiger partial charge in [0.15, 0.2) is 0 Å². The number of thiophene rings is 1. The molecule has 1 aromatic rings. The molecule has 1 aromatic heterocycles. The van der Waals surface area contributed by atoms with Gasteiger partial charge in [0.05, 0.1) is 5.92 Å². The van der Waals surface area contributed by atoms with Crippen LogP contribution in [0.5, 0.6) is 0 Å². The molecule has 4 heteroatoms. The lowest BCUT2D eigenvalue weighted by Gasteiger charge is -2.25. The average molecular weight is 300 g/mol. The summed E-state index contributed by atoms with van der Waals surface area (Å²) in [6.45, 7) is 4.31. The number of hydrogen-bond acceptors (Lipinski definition) is 2. The fourth-order valence-corrected chi connectivity index (χ4v) is 3.98. The predicted octanol–water partition coefficient (Wildman–Crippen LogP) is 3.94. The largest absolute Gasteiger partial charge is 0.352 e. The minimum Gasteiger partial charge on any atom is -0.352 e. The van der Waals surface area contributed by atoms with Gasteiger partial charge in [0.25, 0.3) is 0 Å². The summed E-state index contributed by atoms with van der Waals surface area (Å²) in [5.41, 5.74) is 1.24. The molecule has 0 fully saturated rings. The summed E-state index contributed by atoms with van der Waals surface area (Å²) in [5.74, 6) is 1.23. The van der Waals surface area contributed by atoms with Gasteiger partial charge < -0.3 is 5.32 Å². The summed E-state index contributed by atoms with van der Waals surface area (Å²) >= 11 is 7.74. The van der Waals surface area contributed by atoms with Crippen LogP contribution in [0.15, 0.2) is 11.4 Å². The Bertz CT molecular complexity index is 430. The molecule has 106 valence electrons. The number of rotatable bonds is 5. The molecule has 1 heterocycles. The fraction of sp³-hybridized carbons (Fsp3) is 0.667. The number of amides is 1. The van der Waals surface area contributed by atoms with Gasteiger partial charge in [0.1, 0.15) is 0 Å². The van der Waals surface area contributed by atoms with Gasteiger partial charge in [0, 0.05) is 16.8 Å². The number of nitrogens with one attached hydrogen (secondary N) is 1. The van der Waals surface area contributed by atoms with E-state index in [9.17, 15) is 4.79 Å². The average Bonchev–Trinajstić information content (AvgIpc) is 2.85. The molecule has 1 N–H and O–H groups in total. The quantitative estimate of drug-likeness (QED) is 0.820. The second-order valence-corrected chi connectivity index (χ2v) is 7.04. The van der Waals surface area contributed by atoms with E-state index >= 15 is 0 Å². The van der Waals surface area contributed by atoms with Crippen molar-refractivity contribution < 1.29 is 4.79 Å². The summed E-state index contributed by atoms with van der Waals surface area (Å²) in [4.78, 5) is 13.8. The maximum absolute atomic E-state index is 12.4. The van der Waals surface area contributed by atoms with E-state index in [0.717, 1.165) is 25.7 Å². The molecule has 2 rings (SSSR count). The van der Waals surface area contributed by atoms with Gasteiger partial charge in [-0.05, 0) is 48.6 Å². The number of aryl methyl sites for hydroxylation is 1. The van der Waals surface area contributed by atoms with Crippen molar-refractivity contribution in [3.05, 3.63) is 21.9 Å². The number of carbonyl (C=O) groups excluding carboxylic acids is 1. The van der Waals surface area contributed by atoms with Crippen LogP contribution in [-0.4, -0.2) is 17.8 Å². The molecule has 19 heavy (non-hydrogen) atoms. The summed E-state index contributed by atoms with van der Waals surface area (Å²) in [6.07, 6.45) is 4.15. The Morgan fingerprint density at radius 1 is 1.58 bits per heavy atom. The van der Waals surface area contributed by atoms with Crippen LogP contribution in [0.4, 0.5) is 0 Å². The lowest BCUT2D eigenvalue weighted by molar-refractivity contribution is -0.123. The van der Waals surface area contributed by atoms with Crippen LogP contribution < -0.4 is 5.32 Å². The molecule has 1 amide bonds. The molecular formula is C15H22ClNOS. The van der Waals surface area contributed by atoms with Crippen molar-refractivity contribution in [3.63, 3.8) is 0 Å². The van der Waals surface area contributed by atoms with E-state index in [0.29, 0.717) is 11.8 Å². The minimum atomic E-state index is 0.0351. The first-order valence-electron chi connectivity index (χ1n) is 7.04. The van der Waals surface area contributed by atoms with Crippen molar-refractivity contribution in [3.8, 4) is 0 Å². The Morgan fingerprint density at radius 2 is 2.37 bits per heavy atom. The van der Waals surface area contributed by atoms with Crippen LogP contribution in [0, 0.1) is 5.92 Å². The molecule has 1 aliphatic carbocycles. The minimum absolute atomic E-state index is 0.0351. The lowest BCUT2D eigenvalue weighted by atomic mass is 9.87. The molecule has 2 atom stereocenters. The van der Waals surface area contributed by atoms with Crippen LogP contribution in [-0.2, 0) is 11.2 Å². The maximum atomic E-state index is 12.4. The third kappa shape index (κ3) is 3.73. The molecular weight excluding hydrogens is 278 g/mol. The number of carbonyl (C=O) groups is 1. The van der Waals surface area contributed by atoms with Crippen molar-refractivity contribution in [1.82, 2.24) is 5.32 Å². The first-order chi connectivity index (χ1) is 9.11. The zero-order valence-corrected chi connectivity index (χ0v) is 13.2. The third-order valence-corrected chi connectivity index (χ3v) is 5.03. The van der Waals surface area contributed by atoms with E-state index in [1.807, 2.05) is 0 Å². The monoisotopic (exact) mass is 299 g/mol. The Balaban J connectivity index is 2.01. The van der Waals surface area contributed by atoms with Gasteiger partial charge in [-0.2, -0.15) is 0 Å². The van der Waals surface area contributed by atoms with Crippen molar-refractivity contribution in [2.45, 2.75) is 51.5 Å². The van der Waals surface area contributed by atoms with Gasteiger partial charge in [-0.25, -0.2) is 0 Å². The Kier molecular flexibility index (Phi) is 5.28. The highest BCUT2D eigenvalue weighted by atomic mass is 35.5. The Hall–Kier alpha value is -0.540. The number of fused-ring (bicyclic) bond motifs is 1. The van der Waals surface area contributed by atoms with Gasteiger partial charge in [-0.1, -0.05) is 13.8 Å². The maximum Gasteiger partial charge on any atom is 0.227 e. The van der Waals surface area contributed by atoms with Crippen LogP contribution in [0.2, 0.25) is 0 Å². The molecule has 0 saturated heterocycles. The van der Waals surface area contributed by atoms with E-state index in [-0.39, 0.29) is 17.9 Å². The van der Waals surface area contributed by atoms with Crippen molar-refractivity contribution in [2.75, 3.05) is 5.88 Å². The lowest BCUT2D eigenvalue weighted by Crippen LogP contribution is -2.40. The first-order valence-corrected chi connectivity index (χ1v) is 8.45. The van der Waals surface area contributed by atoms with E-state index in [4.69, 9.17) is 11.6 Å². The zero-order chi connectivity index (χ0) is 13.8. The highest BCUT2D eigenvalue weighted by Gasteiger charge is 2.28. The molecule has 0 aliphatic heterocycles. The first kappa shape index (κ1) is 14.9. The second-order valence-electron chi connectivity index (χ2n) is 5.73. The van der Waals surface area contributed by atoms with Crippen molar-refractivity contribution in [2.24, 2.45) is 5.92 Å². The van der Waals surface area contributed by atoms with Crippen molar-refractivity contribution >= 4 is 28.8 Å². The molecule has 0 radical (unpaired) electrons. The third-order valence-electron chi connectivity index (χ3n) is 3.66. The van der Waals surface area contributed by atoms with Crippen LogP contribution >= 0.6 is 22.9 Å². The van der Waals surface area contributed by atoms with Crippen LogP contribution in [0.1, 0.15) is 49.5 Å². The number of alkyl halides is 1. The SMILES string of the molecule is CC(C)CC(CCl)NC(=O)C1CCCc2sccc21. The Morgan fingerprint density at radius 3 is 3.05 bits per heavy atom. The number of hydrogen-bond donors (Lipinski definition) is 1. The normalized spacial score (nSPS) is 20.1. The van der Waals surface area contributed by atoms with E-state index in [1.165, 1.54) is 10.4 Å². The zero-order valence-electron chi connectivity index (χ0n) is 11.6. The van der Waals surface area contributed by atoms with E-state index in [1.54, 1.807) is 11.3 Å². The highest BCUT2D eigenvalue weighted by Crippen LogP contribution is 2.35. The molecule has 2 nitrogen and oxygen atoms in total. The van der Waals surface area contributed by atoms with Gasteiger partial charge in [-0.3, -0.25) is 4.79 Å². The van der Waals surface area contributed by atoms with Gasteiger partial charge >= 0.3 is 0 Å². The molecule has 0 aromatic carbocycles. The Labute approximate surface area is 124 Å². The number of halogens is 1. The van der Waals surface area contributed by atoms with Crippen LogP contribution in [0.25, 0.3) is 0 Å². The second kappa shape index (κ2) is 6.76. The standard InChI is InChI=1S/C15H22ClNOS/c1-10(2)8-11(9-16)17-15(18)13-4-3-5-14-12(13)6-7-19-14/h6-7,10-11,13H,3-5,8-9H2,1-2H3,(H,17,18). The topological polar surface area (TPSA) is 29.1 Å². The van der Waals surface area contributed by atoms with Gasteiger partial charge in [-0.15, -0.1) is 22.9 Å². The van der Waals surface area contributed by atoms with E-state index < -0.39 is 0 Å². The summed E-state index contributed by atoms with van der Waals surface area (Å²) in [6, 6.07) is 2.21.